The highest BCUT2D eigenvalue weighted by Crippen LogP contribution is 2.44. The molecule has 2 heterocycles. The van der Waals surface area contributed by atoms with E-state index in [2.05, 4.69) is 15.9 Å². The highest BCUT2D eigenvalue weighted by atomic mass is 79.9. The third kappa shape index (κ3) is 4.03. The Balaban J connectivity index is 1.48. The van der Waals surface area contributed by atoms with Crippen LogP contribution in [0.15, 0.2) is 53.0 Å². The molecule has 2 amide bonds. The predicted octanol–water partition coefficient (Wildman–Crippen LogP) is 4.28. The van der Waals surface area contributed by atoms with Crippen LogP contribution in [-0.2, 0) is 0 Å². The fourth-order valence-electron chi connectivity index (χ4n) is 4.08. The maximum atomic E-state index is 13.2. The smallest absolute Gasteiger partial charge is 0.255 e. The zero-order valence-electron chi connectivity index (χ0n) is 16.3. The topological polar surface area (TPSA) is 49.9 Å². The molecule has 2 fully saturated rings. The van der Waals surface area contributed by atoms with Gasteiger partial charge in [0.2, 0.25) is 0 Å². The van der Waals surface area contributed by atoms with Crippen molar-refractivity contribution >= 4 is 39.5 Å². The first kappa shape index (κ1) is 20.3. The maximum absolute atomic E-state index is 13.2. The molecule has 2 aromatic carbocycles. The Hall–Kier alpha value is -1.99. The van der Waals surface area contributed by atoms with Crippen LogP contribution >= 0.6 is 27.7 Å². The molecule has 0 bridgehead atoms. The third-order valence-electron chi connectivity index (χ3n) is 5.64. The standard InChI is InChI=1S/C22H23BrN2O3S/c1-28-19-7-3-5-17(15-19)21(27)25-12-13-29-22(25)8-10-24(11-9-22)20(26)16-4-2-6-18(23)14-16/h2-7,14-15H,8-13H2,1H3. The Kier molecular flexibility index (Phi) is 5.88. The molecule has 152 valence electrons. The van der Waals surface area contributed by atoms with E-state index in [1.54, 1.807) is 13.2 Å². The SMILES string of the molecule is COc1cccc(C(=O)N2CCSC23CCN(C(=O)c2cccc(Br)c2)CC3)c1. The summed E-state index contributed by atoms with van der Waals surface area (Å²) >= 11 is 5.28. The van der Waals surface area contributed by atoms with Crippen molar-refractivity contribution in [3.05, 3.63) is 64.1 Å². The highest BCUT2D eigenvalue weighted by molar-refractivity contribution is 9.10. The summed E-state index contributed by atoms with van der Waals surface area (Å²) in [6.45, 7) is 2.04. The number of methoxy groups -OCH3 is 1. The number of carbonyl (C=O) groups is 2. The second-order valence-electron chi connectivity index (χ2n) is 7.29. The summed E-state index contributed by atoms with van der Waals surface area (Å²) < 4.78 is 6.17. The summed E-state index contributed by atoms with van der Waals surface area (Å²) in [4.78, 5) is 29.8. The number of nitrogens with zero attached hydrogens (tertiary/aromatic N) is 2. The Morgan fingerprint density at radius 3 is 2.38 bits per heavy atom. The van der Waals surface area contributed by atoms with Gasteiger partial charge in [-0.15, -0.1) is 11.8 Å². The van der Waals surface area contributed by atoms with Crippen LogP contribution in [0.3, 0.4) is 0 Å². The summed E-state index contributed by atoms with van der Waals surface area (Å²) in [6, 6.07) is 14.8. The molecule has 0 radical (unpaired) electrons. The van der Waals surface area contributed by atoms with E-state index in [4.69, 9.17) is 4.74 Å². The van der Waals surface area contributed by atoms with Crippen molar-refractivity contribution in [1.29, 1.82) is 0 Å². The average Bonchev–Trinajstić information content (AvgIpc) is 3.16. The Morgan fingerprint density at radius 1 is 1.00 bits per heavy atom. The first-order chi connectivity index (χ1) is 14.0. The van der Waals surface area contributed by atoms with Crippen LogP contribution in [0.4, 0.5) is 0 Å². The molecular formula is C22H23BrN2O3S. The molecule has 2 aliphatic rings. The van der Waals surface area contributed by atoms with Crippen molar-refractivity contribution in [3.8, 4) is 5.75 Å². The number of likely N-dealkylation sites (tertiary alicyclic amines) is 1. The summed E-state index contributed by atoms with van der Waals surface area (Å²) in [6.07, 6.45) is 1.57. The van der Waals surface area contributed by atoms with E-state index >= 15 is 0 Å². The molecule has 0 aliphatic carbocycles. The molecule has 0 aromatic heterocycles. The van der Waals surface area contributed by atoms with E-state index in [-0.39, 0.29) is 16.7 Å². The number of piperidine rings is 1. The Morgan fingerprint density at radius 2 is 1.69 bits per heavy atom. The number of hydrogen-bond donors (Lipinski definition) is 0. The lowest BCUT2D eigenvalue weighted by Gasteiger charge is -2.44. The summed E-state index contributed by atoms with van der Waals surface area (Å²) in [5, 5.41) is 0. The van der Waals surface area contributed by atoms with Gasteiger partial charge in [0, 0.05) is 41.0 Å². The van der Waals surface area contributed by atoms with Gasteiger partial charge in [-0.05, 0) is 49.2 Å². The van der Waals surface area contributed by atoms with Gasteiger partial charge in [0.1, 0.15) is 5.75 Å². The van der Waals surface area contributed by atoms with Gasteiger partial charge >= 0.3 is 0 Å². The largest absolute Gasteiger partial charge is 0.497 e. The van der Waals surface area contributed by atoms with Crippen molar-refractivity contribution in [2.45, 2.75) is 17.7 Å². The van der Waals surface area contributed by atoms with Gasteiger partial charge in [0.15, 0.2) is 0 Å². The summed E-state index contributed by atoms with van der Waals surface area (Å²) in [7, 11) is 1.61. The molecule has 4 rings (SSSR count). The van der Waals surface area contributed by atoms with Crippen LogP contribution in [0.25, 0.3) is 0 Å². The molecule has 2 aliphatic heterocycles. The van der Waals surface area contributed by atoms with E-state index in [1.165, 1.54) is 0 Å². The zero-order chi connectivity index (χ0) is 20.4. The molecule has 0 saturated carbocycles. The fourth-order valence-corrected chi connectivity index (χ4v) is 5.94. The third-order valence-corrected chi connectivity index (χ3v) is 7.69. The number of halogens is 1. The van der Waals surface area contributed by atoms with Crippen LogP contribution in [0, 0.1) is 0 Å². The highest BCUT2D eigenvalue weighted by Gasteiger charge is 2.47. The van der Waals surface area contributed by atoms with Crippen molar-refractivity contribution in [2.24, 2.45) is 0 Å². The Labute approximate surface area is 183 Å². The van der Waals surface area contributed by atoms with Gasteiger partial charge < -0.3 is 14.5 Å². The van der Waals surface area contributed by atoms with Crippen molar-refractivity contribution in [2.75, 3.05) is 32.5 Å². The minimum atomic E-state index is -0.228. The zero-order valence-corrected chi connectivity index (χ0v) is 18.7. The van der Waals surface area contributed by atoms with Crippen LogP contribution in [0.2, 0.25) is 0 Å². The first-order valence-corrected chi connectivity index (χ1v) is 11.5. The molecule has 2 aromatic rings. The van der Waals surface area contributed by atoms with E-state index in [9.17, 15) is 9.59 Å². The number of benzene rings is 2. The average molecular weight is 475 g/mol. The maximum Gasteiger partial charge on any atom is 0.255 e. The van der Waals surface area contributed by atoms with Crippen molar-refractivity contribution in [1.82, 2.24) is 9.80 Å². The number of hydrogen-bond acceptors (Lipinski definition) is 4. The van der Waals surface area contributed by atoms with Gasteiger partial charge in [-0.25, -0.2) is 0 Å². The lowest BCUT2D eigenvalue weighted by atomic mass is 10.00. The number of amides is 2. The molecule has 0 atom stereocenters. The summed E-state index contributed by atoms with van der Waals surface area (Å²) in [5.41, 5.74) is 1.34. The quantitative estimate of drug-likeness (QED) is 0.665. The van der Waals surface area contributed by atoms with Gasteiger partial charge in [0.05, 0.1) is 12.0 Å². The molecule has 2 saturated heterocycles. The van der Waals surface area contributed by atoms with Crippen molar-refractivity contribution < 1.29 is 14.3 Å². The first-order valence-electron chi connectivity index (χ1n) is 9.67. The van der Waals surface area contributed by atoms with Crippen LogP contribution in [-0.4, -0.2) is 59.0 Å². The molecule has 0 unspecified atom stereocenters. The van der Waals surface area contributed by atoms with E-state index in [0.717, 1.165) is 29.6 Å². The van der Waals surface area contributed by atoms with Crippen LogP contribution in [0.1, 0.15) is 33.6 Å². The van der Waals surface area contributed by atoms with Gasteiger partial charge in [0.25, 0.3) is 11.8 Å². The fraction of sp³-hybridized carbons (Fsp3) is 0.364. The van der Waals surface area contributed by atoms with Gasteiger partial charge in [-0.3, -0.25) is 9.59 Å². The Bertz CT molecular complexity index is 928. The van der Waals surface area contributed by atoms with Gasteiger partial charge in [-0.1, -0.05) is 28.1 Å². The predicted molar refractivity (Wildman–Crippen MR) is 118 cm³/mol. The number of thioether (sulfide) groups is 1. The second kappa shape index (κ2) is 8.40. The normalized spacial score (nSPS) is 18.1. The van der Waals surface area contributed by atoms with Crippen LogP contribution < -0.4 is 4.74 Å². The molecule has 29 heavy (non-hydrogen) atoms. The van der Waals surface area contributed by atoms with Crippen LogP contribution in [0.5, 0.6) is 5.75 Å². The van der Waals surface area contributed by atoms with E-state index < -0.39 is 0 Å². The summed E-state index contributed by atoms with van der Waals surface area (Å²) in [5.74, 6) is 1.71. The minimum absolute atomic E-state index is 0.0423. The van der Waals surface area contributed by atoms with E-state index in [1.807, 2.05) is 64.0 Å². The number of ether oxygens (including phenoxy) is 1. The molecular weight excluding hydrogens is 452 g/mol. The number of rotatable bonds is 3. The second-order valence-corrected chi connectivity index (χ2v) is 9.66. The monoisotopic (exact) mass is 474 g/mol. The lowest BCUT2D eigenvalue weighted by molar-refractivity contribution is 0.0497. The molecule has 7 heteroatoms. The van der Waals surface area contributed by atoms with Gasteiger partial charge in [-0.2, -0.15) is 0 Å². The van der Waals surface area contributed by atoms with E-state index in [0.29, 0.717) is 30.0 Å². The molecule has 5 nitrogen and oxygen atoms in total. The van der Waals surface area contributed by atoms with Crippen molar-refractivity contribution in [3.63, 3.8) is 0 Å². The number of carbonyl (C=O) groups excluding carboxylic acids is 2. The minimum Gasteiger partial charge on any atom is -0.497 e. The lowest BCUT2D eigenvalue weighted by Crippen LogP contribution is -2.53. The molecule has 0 N–H and O–H groups in total. The molecule has 1 spiro atoms.